The second-order valence-electron chi connectivity index (χ2n) is 7.39. The standard InChI is InChI=1S/C22H22N4O3/c1-13(2)17-12-19(26(24-17)15-10-8-14(3)9-11-15)23-21(27)16-6-5-7-18-20(16)29-22(28)25(18)4/h5-13H,1-4H3,(H,23,27). The molecule has 0 radical (unpaired) electrons. The van der Waals surface area contributed by atoms with Crippen molar-refractivity contribution in [2.45, 2.75) is 26.7 Å². The molecule has 2 aromatic heterocycles. The van der Waals surface area contributed by atoms with Gasteiger partial charge in [0.25, 0.3) is 5.91 Å². The molecule has 29 heavy (non-hydrogen) atoms. The summed E-state index contributed by atoms with van der Waals surface area (Å²) in [5.74, 6) is -0.119. The lowest BCUT2D eigenvalue weighted by atomic mass is 10.1. The minimum Gasteiger partial charge on any atom is -0.407 e. The summed E-state index contributed by atoms with van der Waals surface area (Å²) in [7, 11) is 1.61. The van der Waals surface area contributed by atoms with Crippen LogP contribution in [0.25, 0.3) is 16.8 Å². The fourth-order valence-electron chi connectivity index (χ4n) is 3.17. The number of hydrogen-bond acceptors (Lipinski definition) is 4. The fourth-order valence-corrected chi connectivity index (χ4v) is 3.17. The highest BCUT2D eigenvalue weighted by Crippen LogP contribution is 2.24. The van der Waals surface area contributed by atoms with Crippen LogP contribution in [0.2, 0.25) is 0 Å². The van der Waals surface area contributed by atoms with Crippen molar-refractivity contribution in [3.8, 4) is 5.69 Å². The zero-order chi connectivity index (χ0) is 20.7. The number of amides is 1. The predicted octanol–water partition coefficient (Wildman–Crippen LogP) is 4.00. The molecule has 0 aliphatic carbocycles. The monoisotopic (exact) mass is 390 g/mol. The first-order chi connectivity index (χ1) is 13.8. The van der Waals surface area contributed by atoms with Crippen molar-refractivity contribution >= 4 is 22.8 Å². The number of nitrogens with zero attached hydrogens (tertiary/aromatic N) is 3. The molecule has 0 saturated carbocycles. The molecule has 0 aliphatic rings. The lowest BCUT2D eigenvalue weighted by Gasteiger charge is -2.09. The van der Waals surface area contributed by atoms with Crippen LogP contribution < -0.4 is 11.1 Å². The number of para-hydroxylation sites is 1. The molecule has 2 heterocycles. The van der Waals surface area contributed by atoms with Crippen LogP contribution in [0.3, 0.4) is 0 Å². The van der Waals surface area contributed by atoms with Crippen LogP contribution in [0.5, 0.6) is 0 Å². The van der Waals surface area contributed by atoms with Gasteiger partial charge in [-0.3, -0.25) is 9.36 Å². The SMILES string of the molecule is Cc1ccc(-n2nc(C(C)C)cc2NC(=O)c2cccc3c2oc(=O)n3C)cc1. The van der Waals surface area contributed by atoms with Gasteiger partial charge in [0.2, 0.25) is 0 Å². The number of aryl methyl sites for hydroxylation is 2. The van der Waals surface area contributed by atoms with Gasteiger partial charge in [-0.1, -0.05) is 37.6 Å². The van der Waals surface area contributed by atoms with Crippen molar-refractivity contribution in [1.29, 1.82) is 0 Å². The number of hydrogen-bond donors (Lipinski definition) is 1. The summed E-state index contributed by atoms with van der Waals surface area (Å²) in [5.41, 5.74) is 3.98. The summed E-state index contributed by atoms with van der Waals surface area (Å²) in [5, 5.41) is 7.59. The minimum atomic E-state index is -0.507. The molecule has 0 bridgehead atoms. The zero-order valence-corrected chi connectivity index (χ0v) is 16.8. The number of rotatable bonds is 4. The van der Waals surface area contributed by atoms with Gasteiger partial charge >= 0.3 is 5.76 Å². The maximum Gasteiger partial charge on any atom is 0.419 e. The van der Waals surface area contributed by atoms with Gasteiger partial charge in [-0.2, -0.15) is 5.10 Å². The number of aromatic nitrogens is 3. The van der Waals surface area contributed by atoms with E-state index in [1.807, 2.05) is 51.1 Å². The molecule has 7 heteroatoms. The van der Waals surface area contributed by atoms with Crippen LogP contribution >= 0.6 is 0 Å². The Kier molecular flexibility index (Phi) is 4.58. The summed E-state index contributed by atoms with van der Waals surface area (Å²) >= 11 is 0. The van der Waals surface area contributed by atoms with E-state index in [0.29, 0.717) is 16.9 Å². The third-order valence-corrected chi connectivity index (χ3v) is 4.90. The third-order valence-electron chi connectivity index (χ3n) is 4.90. The Morgan fingerprint density at radius 2 is 1.86 bits per heavy atom. The van der Waals surface area contributed by atoms with Crippen molar-refractivity contribution in [2.24, 2.45) is 7.05 Å². The van der Waals surface area contributed by atoms with E-state index in [1.165, 1.54) is 4.57 Å². The number of anilines is 1. The normalized spacial score (nSPS) is 11.3. The van der Waals surface area contributed by atoms with E-state index in [1.54, 1.807) is 29.9 Å². The van der Waals surface area contributed by atoms with Crippen LogP contribution in [0.1, 0.15) is 41.4 Å². The molecule has 4 aromatic rings. The molecule has 1 amide bonds. The summed E-state index contributed by atoms with van der Waals surface area (Å²) in [4.78, 5) is 24.9. The maximum absolute atomic E-state index is 13.0. The van der Waals surface area contributed by atoms with Gasteiger partial charge in [0.15, 0.2) is 5.58 Å². The van der Waals surface area contributed by atoms with Gasteiger partial charge in [-0.25, -0.2) is 9.48 Å². The molecule has 2 aromatic carbocycles. The summed E-state index contributed by atoms with van der Waals surface area (Å²) < 4.78 is 8.38. The van der Waals surface area contributed by atoms with Crippen LogP contribution in [-0.2, 0) is 7.05 Å². The maximum atomic E-state index is 13.0. The molecule has 7 nitrogen and oxygen atoms in total. The Balaban J connectivity index is 1.76. The van der Waals surface area contributed by atoms with Crippen LogP contribution in [0.4, 0.5) is 5.82 Å². The number of nitrogens with one attached hydrogen (secondary N) is 1. The Hall–Kier alpha value is -3.61. The molecule has 0 atom stereocenters. The Morgan fingerprint density at radius 3 is 2.55 bits per heavy atom. The molecule has 0 aliphatic heterocycles. The summed E-state index contributed by atoms with van der Waals surface area (Å²) in [6, 6.07) is 14.9. The summed E-state index contributed by atoms with van der Waals surface area (Å²) in [6.45, 7) is 6.11. The summed E-state index contributed by atoms with van der Waals surface area (Å²) in [6.07, 6.45) is 0. The van der Waals surface area contributed by atoms with Crippen LogP contribution in [-0.4, -0.2) is 20.3 Å². The van der Waals surface area contributed by atoms with E-state index in [9.17, 15) is 9.59 Å². The molecule has 4 rings (SSSR count). The van der Waals surface area contributed by atoms with Gasteiger partial charge in [-0.05, 0) is 37.1 Å². The number of carbonyl (C=O) groups excluding carboxylic acids is 1. The fraction of sp³-hybridized carbons (Fsp3) is 0.227. The molecular formula is C22H22N4O3. The van der Waals surface area contributed by atoms with Crippen molar-refractivity contribution in [3.05, 3.63) is 75.9 Å². The van der Waals surface area contributed by atoms with Crippen molar-refractivity contribution < 1.29 is 9.21 Å². The van der Waals surface area contributed by atoms with Crippen molar-refractivity contribution in [2.75, 3.05) is 5.32 Å². The third kappa shape index (κ3) is 3.35. The van der Waals surface area contributed by atoms with E-state index >= 15 is 0 Å². The molecule has 0 saturated heterocycles. The van der Waals surface area contributed by atoms with Crippen molar-refractivity contribution in [3.63, 3.8) is 0 Å². The van der Waals surface area contributed by atoms with E-state index in [0.717, 1.165) is 16.9 Å². The van der Waals surface area contributed by atoms with Gasteiger partial charge in [0.1, 0.15) is 5.82 Å². The molecule has 0 spiro atoms. The molecule has 0 fully saturated rings. The van der Waals surface area contributed by atoms with E-state index in [-0.39, 0.29) is 17.4 Å². The molecule has 1 N–H and O–H groups in total. The smallest absolute Gasteiger partial charge is 0.407 e. The van der Waals surface area contributed by atoms with E-state index in [4.69, 9.17) is 4.42 Å². The largest absolute Gasteiger partial charge is 0.419 e. The first-order valence-corrected chi connectivity index (χ1v) is 9.42. The van der Waals surface area contributed by atoms with E-state index < -0.39 is 5.76 Å². The average Bonchev–Trinajstić information content (AvgIpc) is 3.24. The Morgan fingerprint density at radius 1 is 1.14 bits per heavy atom. The van der Waals surface area contributed by atoms with Gasteiger partial charge in [0.05, 0.1) is 22.5 Å². The lowest BCUT2D eigenvalue weighted by molar-refractivity contribution is 0.102. The highest BCUT2D eigenvalue weighted by Gasteiger charge is 2.19. The lowest BCUT2D eigenvalue weighted by Crippen LogP contribution is -2.15. The van der Waals surface area contributed by atoms with Crippen LogP contribution in [0, 0.1) is 6.92 Å². The van der Waals surface area contributed by atoms with E-state index in [2.05, 4.69) is 10.4 Å². The average molecular weight is 390 g/mol. The second kappa shape index (κ2) is 7.09. The number of oxazole rings is 1. The van der Waals surface area contributed by atoms with Gasteiger partial charge < -0.3 is 9.73 Å². The number of benzene rings is 2. The van der Waals surface area contributed by atoms with Gasteiger partial charge in [-0.15, -0.1) is 0 Å². The topological polar surface area (TPSA) is 82.1 Å². The Labute approximate surface area is 167 Å². The molecule has 0 unspecified atom stereocenters. The highest BCUT2D eigenvalue weighted by atomic mass is 16.4. The van der Waals surface area contributed by atoms with Crippen molar-refractivity contribution in [1.82, 2.24) is 14.3 Å². The predicted molar refractivity (Wildman–Crippen MR) is 112 cm³/mol. The second-order valence-corrected chi connectivity index (χ2v) is 7.39. The highest BCUT2D eigenvalue weighted by molar-refractivity contribution is 6.10. The van der Waals surface area contributed by atoms with Gasteiger partial charge in [0, 0.05) is 13.1 Å². The zero-order valence-electron chi connectivity index (χ0n) is 16.8. The first-order valence-electron chi connectivity index (χ1n) is 9.42. The first kappa shape index (κ1) is 18.7. The quantitative estimate of drug-likeness (QED) is 0.571. The number of fused-ring (bicyclic) bond motifs is 1. The Bertz CT molecular complexity index is 1260. The molecule has 148 valence electrons. The number of carbonyl (C=O) groups is 1. The minimum absolute atomic E-state index is 0.202. The van der Waals surface area contributed by atoms with Crippen LogP contribution in [0.15, 0.2) is 57.7 Å². The molecular weight excluding hydrogens is 368 g/mol.